The summed E-state index contributed by atoms with van der Waals surface area (Å²) in [6.07, 6.45) is -1.56. The highest BCUT2D eigenvalue weighted by Crippen LogP contribution is 2.11. The Balaban J connectivity index is 2.54. The summed E-state index contributed by atoms with van der Waals surface area (Å²) in [4.78, 5) is 0. The predicted octanol–water partition coefficient (Wildman–Crippen LogP) is 1.86. The maximum atomic E-state index is 11.9. The summed E-state index contributed by atoms with van der Waals surface area (Å²) in [5.41, 5.74) is 7.17. The van der Waals surface area contributed by atoms with Gasteiger partial charge in [-0.05, 0) is 30.7 Å². The zero-order valence-electron chi connectivity index (χ0n) is 7.84. The van der Waals surface area contributed by atoms with Crippen molar-refractivity contribution in [3.63, 3.8) is 0 Å². The Morgan fingerprint density at radius 3 is 2.79 bits per heavy atom. The van der Waals surface area contributed by atoms with Gasteiger partial charge in [0.15, 0.2) is 0 Å². The maximum absolute atomic E-state index is 11.9. The summed E-state index contributed by atoms with van der Waals surface area (Å²) in [5.74, 6) is 0. The molecule has 0 aliphatic heterocycles. The minimum absolute atomic E-state index is 0.313. The van der Waals surface area contributed by atoms with E-state index in [2.05, 4.69) is 5.32 Å². The molecular formula is C10H14F2N2. The molecule has 0 saturated carbocycles. The molecule has 0 aromatic heterocycles. The average molecular weight is 200 g/mol. The second kappa shape index (κ2) is 5.54. The topological polar surface area (TPSA) is 38.0 Å². The van der Waals surface area contributed by atoms with Crippen molar-refractivity contribution in [2.75, 3.05) is 18.4 Å². The van der Waals surface area contributed by atoms with Crippen LogP contribution in [-0.4, -0.2) is 19.5 Å². The third-order valence-electron chi connectivity index (χ3n) is 1.82. The van der Waals surface area contributed by atoms with E-state index in [1.54, 1.807) is 6.07 Å². The number of benzene rings is 1. The first-order valence-corrected chi connectivity index (χ1v) is 4.53. The van der Waals surface area contributed by atoms with Crippen LogP contribution in [0.5, 0.6) is 0 Å². The number of alkyl halides is 2. The first kappa shape index (κ1) is 10.9. The molecule has 78 valence electrons. The molecule has 0 atom stereocenters. The fourth-order valence-electron chi connectivity index (χ4n) is 1.20. The molecule has 0 unspecified atom stereocenters. The second-order valence-corrected chi connectivity index (χ2v) is 3.01. The Bertz CT molecular complexity index is 277. The van der Waals surface area contributed by atoms with Crippen molar-refractivity contribution >= 4 is 5.69 Å². The molecule has 0 amide bonds. The molecule has 0 aliphatic rings. The molecule has 0 radical (unpaired) electrons. The molecule has 0 spiro atoms. The quantitative estimate of drug-likeness (QED) is 0.761. The van der Waals surface area contributed by atoms with Gasteiger partial charge in [-0.3, -0.25) is 0 Å². The SMILES string of the molecule is NCCc1cccc(NCC(F)F)c1. The van der Waals surface area contributed by atoms with E-state index in [0.29, 0.717) is 6.54 Å². The normalized spacial score (nSPS) is 10.6. The molecule has 14 heavy (non-hydrogen) atoms. The zero-order chi connectivity index (χ0) is 10.4. The fourth-order valence-corrected chi connectivity index (χ4v) is 1.20. The average Bonchev–Trinajstić information content (AvgIpc) is 2.16. The molecule has 4 heteroatoms. The summed E-state index contributed by atoms with van der Waals surface area (Å²) in [5, 5.41) is 2.65. The number of halogens is 2. The molecule has 0 aliphatic carbocycles. The van der Waals surface area contributed by atoms with Crippen LogP contribution in [0.2, 0.25) is 0 Å². The van der Waals surface area contributed by atoms with E-state index in [9.17, 15) is 8.78 Å². The lowest BCUT2D eigenvalue weighted by Gasteiger charge is -2.07. The summed E-state index contributed by atoms with van der Waals surface area (Å²) in [6, 6.07) is 7.37. The van der Waals surface area contributed by atoms with E-state index in [1.165, 1.54) is 0 Å². The van der Waals surface area contributed by atoms with Gasteiger partial charge < -0.3 is 11.1 Å². The molecule has 0 saturated heterocycles. The second-order valence-electron chi connectivity index (χ2n) is 3.01. The summed E-state index contributed by atoms with van der Waals surface area (Å²) in [7, 11) is 0. The van der Waals surface area contributed by atoms with E-state index in [1.807, 2.05) is 18.2 Å². The van der Waals surface area contributed by atoms with Gasteiger partial charge in [-0.25, -0.2) is 8.78 Å². The third-order valence-corrected chi connectivity index (χ3v) is 1.82. The van der Waals surface area contributed by atoms with Crippen molar-refractivity contribution in [2.24, 2.45) is 5.73 Å². The summed E-state index contributed by atoms with van der Waals surface area (Å²) >= 11 is 0. The zero-order valence-corrected chi connectivity index (χ0v) is 7.84. The molecule has 3 N–H and O–H groups in total. The van der Waals surface area contributed by atoms with Crippen molar-refractivity contribution < 1.29 is 8.78 Å². The first-order chi connectivity index (χ1) is 6.72. The van der Waals surface area contributed by atoms with Gasteiger partial charge in [0.25, 0.3) is 6.43 Å². The van der Waals surface area contributed by atoms with Gasteiger partial charge in [0, 0.05) is 5.69 Å². The number of hydrogen-bond donors (Lipinski definition) is 2. The van der Waals surface area contributed by atoms with E-state index < -0.39 is 6.43 Å². The Kier molecular flexibility index (Phi) is 4.32. The number of hydrogen-bond acceptors (Lipinski definition) is 2. The van der Waals surface area contributed by atoms with Crippen LogP contribution < -0.4 is 11.1 Å². The van der Waals surface area contributed by atoms with Crippen LogP contribution in [0, 0.1) is 0 Å². The van der Waals surface area contributed by atoms with Gasteiger partial charge in [-0.1, -0.05) is 12.1 Å². The van der Waals surface area contributed by atoms with Crippen LogP contribution in [0.3, 0.4) is 0 Å². The Labute approximate surface area is 82.1 Å². The number of anilines is 1. The summed E-state index contributed by atoms with van der Waals surface area (Å²) in [6.45, 7) is 0.254. The van der Waals surface area contributed by atoms with E-state index in [4.69, 9.17) is 5.73 Å². The number of nitrogens with one attached hydrogen (secondary N) is 1. The Morgan fingerprint density at radius 2 is 2.14 bits per heavy atom. The molecule has 0 bridgehead atoms. The van der Waals surface area contributed by atoms with Crippen LogP contribution >= 0.6 is 0 Å². The van der Waals surface area contributed by atoms with Crippen LogP contribution in [0.1, 0.15) is 5.56 Å². The first-order valence-electron chi connectivity index (χ1n) is 4.53. The largest absolute Gasteiger partial charge is 0.379 e. The highest BCUT2D eigenvalue weighted by Gasteiger charge is 2.01. The van der Waals surface area contributed by atoms with Crippen molar-refractivity contribution in [2.45, 2.75) is 12.8 Å². The predicted molar refractivity (Wildman–Crippen MR) is 53.7 cm³/mol. The van der Waals surface area contributed by atoms with Crippen molar-refractivity contribution in [3.05, 3.63) is 29.8 Å². The van der Waals surface area contributed by atoms with Gasteiger partial charge in [0.2, 0.25) is 0 Å². The minimum atomic E-state index is -2.33. The molecule has 1 aromatic carbocycles. The lowest BCUT2D eigenvalue weighted by molar-refractivity contribution is 0.163. The molecule has 2 nitrogen and oxygen atoms in total. The van der Waals surface area contributed by atoms with Crippen LogP contribution in [0.4, 0.5) is 14.5 Å². The van der Waals surface area contributed by atoms with Gasteiger partial charge in [-0.2, -0.15) is 0 Å². The molecule has 1 rings (SSSR count). The summed E-state index contributed by atoms with van der Waals surface area (Å²) < 4.78 is 23.8. The Hall–Kier alpha value is -1.16. The van der Waals surface area contributed by atoms with Gasteiger partial charge in [-0.15, -0.1) is 0 Å². The van der Waals surface area contributed by atoms with E-state index >= 15 is 0 Å². The third kappa shape index (κ3) is 3.70. The number of nitrogens with two attached hydrogens (primary N) is 1. The highest BCUT2D eigenvalue weighted by atomic mass is 19.3. The van der Waals surface area contributed by atoms with Gasteiger partial charge >= 0.3 is 0 Å². The standard InChI is InChI=1S/C10H14F2N2/c11-10(12)7-14-9-3-1-2-8(6-9)4-5-13/h1-3,6,10,14H,4-5,7,13H2. The van der Waals surface area contributed by atoms with Crippen molar-refractivity contribution in [1.29, 1.82) is 0 Å². The lowest BCUT2D eigenvalue weighted by atomic mass is 10.1. The van der Waals surface area contributed by atoms with Crippen LogP contribution in [0.25, 0.3) is 0 Å². The number of rotatable bonds is 5. The molecule has 1 aromatic rings. The van der Waals surface area contributed by atoms with Gasteiger partial charge in [0.1, 0.15) is 0 Å². The van der Waals surface area contributed by atoms with Crippen molar-refractivity contribution in [1.82, 2.24) is 0 Å². The lowest BCUT2D eigenvalue weighted by Crippen LogP contribution is -2.10. The fraction of sp³-hybridized carbons (Fsp3) is 0.400. The molecule has 0 fully saturated rings. The van der Waals surface area contributed by atoms with E-state index in [-0.39, 0.29) is 6.54 Å². The molecular weight excluding hydrogens is 186 g/mol. The van der Waals surface area contributed by atoms with Gasteiger partial charge in [0.05, 0.1) is 6.54 Å². The monoisotopic (exact) mass is 200 g/mol. The van der Waals surface area contributed by atoms with Crippen molar-refractivity contribution in [3.8, 4) is 0 Å². The van der Waals surface area contributed by atoms with E-state index in [0.717, 1.165) is 17.7 Å². The maximum Gasteiger partial charge on any atom is 0.255 e. The minimum Gasteiger partial charge on any atom is -0.379 e. The van der Waals surface area contributed by atoms with Crippen LogP contribution in [0.15, 0.2) is 24.3 Å². The van der Waals surface area contributed by atoms with Crippen LogP contribution in [-0.2, 0) is 6.42 Å². The highest BCUT2D eigenvalue weighted by molar-refractivity contribution is 5.45. The Morgan fingerprint density at radius 1 is 1.36 bits per heavy atom. The molecule has 0 heterocycles. The smallest absolute Gasteiger partial charge is 0.255 e.